The molecule has 0 saturated heterocycles. The van der Waals surface area contributed by atoms with Gasteiger partial charge in [0.1, 0.15) is 5.75 Å². The second-order valence-electron chi connectivity index (χ2n) is 5.75. The fourth-order valence-corrected chi connectivity index (χ4v) is 2.41. The molecule has 19 heavy (non-hydrogen) atoms. The fraction of sp³-hybridized carbons (Fsp3) is 0.600. The molecule has 4 heteroatoms. The summed E-state index contributed by atoms with van der Waals surface area (Å²) in [6, 6.07) is 5.83. The van der Waals surface area contributed by atoms with Crippen molar-refractivity contribution in [3.8, 4) is 5.75 Å². The minimum absolute atomic E-state index is 0.0756. The molecule has 108 valence electrons. The number of hydrogen-bond acceptors (Lipinski definition) is 2. The van der Waals surface area contributed by atoms with Gasteiger partial charge in [0.15, 0.2) is 0 Å². The Morgan fingerprint density at radius 2 is 1.68 bits per heavy atom. The lowest BCUT2D eigenvalue weighted by Gasteiger charge is -2.24. The SMILES string of the molecule is CC(C)(C)c1ccc(O)c(CN(CCCl)CCCl)c1. The number of rotatable bonds is 6. The summed E-state index contributed by atoms with van der Waals surface area (Å²) in [7, 11) is 0. The highest BCUT2D eigenvalue weighted by atomic mass is 35.5. The Balaban J connectivity index is 2.92. The molecular weight excluding hydrogens is 281 g/mol. The van der Waals surface area contributed by atoms with Gasteiger partial charge in [-0.1, -0.05) is 32.9 Å². The molecule has 1 rings (SSSR count). The van der Waals surface area contributed by atoms with Crippen molar-refractivity contribution < 1.29 is 5.11 Å². The summed E-state index contributed by atoms with van der Waals surface area (Å²) in [6.07, 6.45) is 0. The third-order valence-electron chi connectivity index (χ3n) is 3.14. The Hall–Kier alpha value is -0.440. The zero-order chi connectivity index (χ0) is 14.5. The van der Waals surface area contributed by atoms with Gasteiger partial charge >= 0.3 is 0 Å². The quantitative estimate of drug-likeness (QED) is 0.804. The van der Waals surface area contributed by atoms with E-state index in [1.54, 1.807) is 6.07 Å². The van der Waals surface area contributed by atoms with Crippen LogP contribution in [0.3, 0.4) is 0 Å². The van der Waals surface area contributed by atoms with E-state index in [1.165, 1.54) is 5.56 Å². The minimum atomic E-state index is 0.0756. The molecule has 0 bridgehead atoms. The predicted molar refractivity (Wildman–Crippen MR) is 83.5 cm³/mol. The van der Waals surface area contributed by atoms with Crippen molar-refractivity contribution in [3.05, 3.63) is 29.3 Å². The Labute approximate surface area is 126 Å². The zero-order valence-electron chi connectivity index (χ0n) is 11.9. The number of alkyl halides is 2. The van der Waals surface area contributed by atoms with Gasteiger partial charge in [0.05, 0.1) is 0 Å². The van der Waals surface area contributed by atoms with Gasteiger partial charge in [-0.3, -0.25) is 4.90 Å². The molecule has 0 aromatic heterocycles. The highest BCUT2D eigenvalue weighted by molar-refractivity contribution is 6.18. The second-order valence-corrected chi connectivity index (χ2v) is 6.50. The van der Waals surface area contributed by atoms with E-state index in [2.05, 4.69) is 31.7 Å². The topological polar surface area (TPSA) is 23.5 Å². The van der Waals surface area contributed by atoms with E-state index < -0.39 is 0 Å². The predicted octanol–water partition coefficient (Wildman–Crippen LogP) is 3.97. The van der Waals surface area contributed by atoms with Crippen molar-refractivity contribution in [3.63, 3.8) is 0 Å². The van der Waals surface area contributed by atoms with Crippen LogP contribution in [0.25, 0.3) is 0 Å². The van der Waals surface area contributed by atoms with Crippen LogP contribution in [-0.2, 0) is 12.0 Å². The van der Waals surface area contributed by atoms with E-state index in [0.717, 1.165) is 18.7 Å². The van der Waals surface area contributed by atoms with Crippen molar-refractivity contribution in [2.24, 2.45) is 0 Å². The molecule has 2 nitrogen and oxygen atoms in total. The normalized spacial score (nSPS) is 12.1. The number of aromatic hydroxyl groups is 1. The minimum Gasteiger partial charge on any atom is -0.508 e. The summed E-state index contributed by atoms with van der Waals surface area (Å²) in [6.45, 7) is 8.71. The molecule has 0 heterocycles. The summed E-state index contributed by atoms with van der Waals surface area (Å²) in [5.74, 6) is 1.47. The van der Waals surface area contributed by atoms with Gasteiger partial charge in [-0.05, 0) is 17.0 Å². The van der Waals surface area contributed by atoms with Crippen LogP contribution < -0.4 is 0 Å². The van der Waals surface area contributed by atoms with Crippen LogP contribution in [-0.4, -0.2) is 34.9 Å². The number of phenolic OH excluding ortho intramolecular Hbond substituents is 1. The lowest BCUT2D eigenvalue weighted by atomic mass is 9.86. The van der Waals surface area contributed by atoms with Crippen LogP contribution in [0.4, 0.5) is 0 Å². The smallest absolute Gasteiger partial charge is 0.120 e. The first-order valence-corrected chi connectivity index (χ1v) is 7.62. The molecule has 0 amide bonds. The van der Waals surface area contributed by atoms with E-state index in [9.17, 15) is 5.11 Å². The van der Waals surface area contributed by atoms with Crippen LogP contribution in [0, 0.1) is 0 Å². The third kappa shape index (κ3) is 5.21. The van der Waals surface area contributed by atoms with E-state index in [4.69, 9.17) is 23.2 Å². The van der Waals surface area contributed by atoms with E-state index in [1.807, 2.05) is 6.07 Å². The van der Waals surface area contributed by atoms with Crippen molar-refractivity contribution in [1.29, 1.82) is 0 Å². The monoisotopic (exact) mass is 303 g/mol. The lowest BCUT2D eigenvalue weighted by molar-refractivity contribution is 0.294. The Kier molecular flexibility index (Phi) is 6.45. The van der Waals surface area contributed by atoms with E-state index in [0.29, 0.717) is 24.1 Å². The molecule has 0 aliphatic heterocycles. The standard InChI is InChI=1S/C15H23Cl2NO/c1-15(2,3)13-4-5-14(19)12(10-13)11-18(8-6-16)9-7-17/h4-5,10,19H,6-9,11H2,1-3H3. The average molecular weight is 304 g/mol. The van der Waals surface area contributed by atoms with Gasteiger partial charge in [0, 0.05) is 37.0 Å². The van der Waals surface area contributed by atoms with Crippen LogP contribution in [0.2, 0.25) is 0 Å². The third-order valence-corrected chi connectivity index (χ3v) is 3.48. The molecule has 0 spiro atoms. The van der Waals surface area contributed by atoms with Crippen LogP contribution in [0.1, 0.15) is 31.9 Å². The van der Waals surface area contributed by atoms with Crippen molar-refractivity contribution in [1.82, 2.24) is 4.90 Å². The van der Waals surface area contributed by atoms with Crippen molar-refractivity contribution >= 4 is 23.2 Å². The van der Waals surface area contributed by atoms with Crippen molar-refractivity contribution in [2.45, 2.75) is 32.7 Å². The molecule has 1 aromatic rings. The molecule has 0 radical (unpaired) electrons. The lowest BCUT2D eigenvalue weighted by Crippen LogP contribution is -2.27. The largest absolute Gasteiger partial charge is 0.508 e. The molecule has 0 atom stereocenters. The molecule has 1 aromatic carbocycles. The van der Waals surface area contributed by atoms with Gasteiger partial charge < -0.3 is 5.11 Å². The average Bonchev–Trinajstić information content (AvgIpc) is 2.31. The first-order valence-electron chi connectivity index (χ1n) is 6.55. The number of nitrogens with zero attached hydrogens (tertiary/aromatic N) is 1. The Morgan fingerprint density at radius 1 is 1.11 bits per heavy atom. The molecular formula is C15H23Cl2NO. The van der Waals surface area contributed by atoms with Crippen molar-refractivity contribution in [2.75, 3.05) is 24.8 Å². The van der Waals surface area contributed by atoms with E-state index >= 15 is 0 Å². The number of phenols is 1. The maximum absolute atomic E-state index is 9.99. The summed E-state index contributed by atoms with van der Waals surface area (Å²) in [4.78, 5) is 2.15. The Bertz CT molecular complexity index is 396. The van der Waals surface area contributed by atoms with Gasteiger partial charge in [0.2, 0.25) is 0 Å². The van der Waals surface area contributed by atoms with Crippen LogP contribution in [0.15, 0.2) is 18.2 Å². The highest BCUT2D eigenvalue weighted by Crippen LogP contribution is 2.28. The maximum atomic E-state index is 9.99. The summed E-state index contributed by atoms with van der Waals surface area (Å²) in [5, 5.41) is 9.99. The van der Waals surface area contributed by atoms with Crippen LogP contribution >= 0.6 is 23.2 Å². The molecule has 0 unspecified atom stereocenters. The summed E-state index contributed by atoms with van der Waals surface area (Å²) >= 11 is 11.6. The highest BCUT2D eigenvalue weighted by Gasteiger charge is 2.16. The Morgan fingerprint density at radius 3 is 2.16 bits per heavy atom. The fourth-order valence-electron chi connectivity index (χ4n) is 1.93. The van der Waals surface area contributed by atoms with E-state index in [-0.39, 0.29) is 5.41 Å². The number of halogens is 2. The van der Waals surface area contributed by atoms with Gasteiger partial charge in [-0.25, -0.2) is 0 Å². The number of benzene rings is 1. The molecule has 0 aliphatic rings. The first-order chi connectivity index (χ1) is 8.88. The van der Waals surface area contributed by atoms with Gasteiger partial charge in [0.25, 0.3) is 0 Å². The zero-order valence-corrected chi connectivity index (χ0v) is 13.4. The van der Waals surface area contributed by atoms with Crippen LogP contribution in [0.5, 0.6) is 5.75 Å². The summed E-state index contributed by atoms with van der Waals surface area (Å²) in [5.41, 5.74) is 2.23. The number of hydrogen-bond donors (Lipinski definition) is 1. The summed E-state index contributed by atoms with van der Waals surface area (Å²) < 4.78 is 0. The van der Waals surface area contributed by atoms with Gasteiger partial charge in [-0.2, -0.15) is 0 Å². The van der Waals surface area contributed by atoms with Gasteiger partial charge in [-0.15, -0.1) is 23.2 Å². The molecule has 0 aliphatic carbocycles. The molecule has 1 N–H and O–H groups in total. The molecule has 0 saturated carbocycles. The second kappa shape index (κ2) is 7.37. The molecule has 0 fully saturated rings. The first kappa shape index (κ1) is 16.6. The maximum Gasteiger partial charge on any atom is 0.120 e.